The summed E-state index contributed by atoms with van der Waals surface area (Å²) in [6.45, 7) is 0. The molecule has 1 fully saturated rings. The van der Waals surface area contributed by atoms with Crippen molar-refractivity contribution in [2.75, 3.05) is 0 Å². The van der Waals surface area contributed by atoms with Gasteiger partial charge in [-0.2, -0.15) is 0 Å². The Hall–Kier alpha value is -1.68. The molecule has 0 saturated heterocycles. The fourth-order valence-electron chi connectivity index (χ4n) is 2.12. The van der Waals surface area contributed by atoms with Gasteiger partial charge in [-0.3, -0.25) is 9.59 Å². The van der Waals surface area contributed by atoms with Crippen LogP contribution in [-0.2, 0) is 4.79 Å². The largest absolute Gasteiger partial charge is 0.346 e. The van der Waals surface area contributed by atoms with E-state index < -0.39 is 11.7 Å². The molecule has 1 saturated carbocycles. The maximum Gasteiger partial charge on any atom is 0.292 e. The van der Waals surface area contributed by atoms with Gasteiger partial charge in [0.1, 0.15) is 0 Å². The van der Waals surface area contributed by atoms with Crippen LogP contribution in [0.3, 0.4) is 0 Å². The minimum Gasteiger partial charge on any atom is -0.346 e. The van der Waals surface area contributed by atoms with Crippen LogP contribution in [0.1, 0.15) is 29.6 Å². The number of Topliss-reactive ketones (excluding diaryl/α,β-unsaturated/α-hetero) is 1. The summed E-state index contributed by atoms with van der Waals surface area (Å²) in [6, 6.07) is 8.77. The van der Waals surface area contributed by atoms with Gasteiger partial charge in [0, 0.05) is 17.6 Å². The van der Waals surface area contributed by atoms with E-state index in [0.29, 0.717) is 5.56 Å². The van der Waals surface area contributed by atoms with Crippen molar-refractivity contribution in [3.05, 3.63) is 35.9 Å². The number of hydrogen-bond donors (Lipinski definition) is 2. The minimum absolute atomic E-state index is 0.0464. The molecule has 0 radical (unpaired) electrons. The van der Waals surface area contributed by atoms with Gasteiger partial charge in [-0.15, -0.1) is 0 Å². The monoisotopic (exact) mass is 232 g/mol. The highest BCUT2D eigenvalue weighted by atomic mass is 16.2. The van der Waals surface area contributed by atoms with Crippen molar-refractivity contribution in [3.8, 4) is 0 Å². The fourth-order valence-corrected chi connectivity index (χ4v) is 2.12. The van der Waals surface area contributed by atoms with E-state index in [2.05, 4.69) is 5.32 Å². The summed E-state index contributed by atoms with van der Waals surface area (Å²) in [6.07, 6.45) is 2.52. The first-order valence-electron chi connectivity index (χ1n) is 5.82. The first-order valence-corrected chi connectivity index (χ1v) is 5.82. The van der Waals surface area contributed by atoms with Crippen LogP contribution in [0, 0.1) is 0 Å². The molecule has 0 bridgehead atoms. The molecule has 2 rings (SSSR count). The second-order valence-electron chi connectivity index (χ2n) is 4.44. The van der Waals surface area contributed by atoms with E-state index in [-0.39, 0.29) is 12.1 Å². The van der Waals surface area contributed by atoms with Gasteiger partial charge >= 0.3 is 0 Å². The summed E-state index contributed by atoms with van der Waals surface area (Å²) in [4.78, 5) is 23.5. The number of carbonyl (C=O) groups is 2. The minimum atomic E-state index is -0.532. The Bertz CT molecular complexity index is 417. The Morgan fingerprint density at radius 3 is 2.47 bits per heavy atom. The second kappa shape index (κ2) is 5.10. The zero-order chi connectivity index (χ0) is 12.3. The summed E-state index contributed by atoms with van der Waals surface area (Å²) in [5, 5.41) is 2.74. The molecule has 1 aliphatic carbocycles. The summed E-state index contributed by atoms with van der Waals surface area (Å²) in [7, 11) is 0. The molecule has 0 unspecified atom stereocenters. The van der Waals surface area contributed by atoms with Gasteiger partial charge in [0.25, 0.3) is 5.91 Å². The summed E-state index contributed by atoms with van der Waals surface area (Å²) in [5.41, 5.74) is 6.18. The van der Waals surface area contributed by atoms with Crippen LogP contribution < -0.4 is 11.1 Å². The highest BCUT2D eigenvalue weighted by Gasteiger charge is 2.25. The Morgan fingerprint density at radius 2 is 1.88 bits per heavy atom. The molecule has 0 spiro atoms. The molecule has 1 amide bonds. The van der Waals surface area contributed by atoms with Gasteiger partial charge in [0.05, 0.1) is 0 Å². The third kappa shape index (κ3) is 2.91. The molecule has 4 nitrogen and oxygen atoms in total. The Balaban J connectivity index is 1.94. The Labute approximate surface area is 100 Å². The van der Waals surface area contributed by atoms with Crippen molar-refractivity contribution in [3.63, 3.8) is 0 Å². The number of carbonyl (C=O) groups excluding carboxylic acids is 2. The van der Waals surface area contributed by atoms with Crippen molar-refractivity contribution in [2.45, 2.75) is 31.3 Å². The number of nitrogens with two attached hydrogens (primary N) is 1. The second-order valence-corrected chi connectivity index (χ2v) is 4.44. The summed E-state index contributed by atoms with van der Waals surface area (Å²) in [5.74, 6) is -1.01. The molecule has 4 heteroatoms. The normalized spacial score (nSPS) is 23.4. The van der Waals surface area contributed by atoms with Crippen LogP contribution in [0.5, 0.6) is 0 Å². The van der Waals surface area contributed by atoms with Crippen LogP contribution in [-0.4, -0.2) is 23.8 Å². The van der Waals surface area contributed by atoms with E-state index in [1.807, 2.05) is 6.07 Å². The molecular formula is C13H16N2O2. The maximum absolute atomic E-state index is 11.8. The van der Waals surface area contributed by atoms with Crippen molar-refractivity contribution in [1.82, 2.24) is 5.32 Å². The first kappa shape index (κ1) is 11.8. The van der Waals surface area contributed by atoms with Crippen molar-refractivity contribution < 1.29 is 9.59 Å². The smallest absolute Gasteiger partial charge is 0.292 e. The lowest BCUT2D eigenvalue weighted by Gasteiger charge is -2.11. The third-order valence-electron chi connectivity index (χ3n) is 3.05. The maximum atomic E-state index is 11.8. The van der Waals surface area contributed by atoms with E-state index in [1.54, 1.807) is 24.3 Å². The zero-order valence-electron chi connectivity index (χ0n) is 9.56. The van der Waals surface area contributed by atoms with Gasteiger partial charge < -0.3 is 11.1 Å². The molecule has 1 aliphatic rings. The van der Waals surface area contributed by atoms with Gasteiger partial charge in [0.15, 0.2) is 0 Å². The standard InChI is InChI=1S/C13H16N2O2/c14-10-6-7-11(8-10)15-13(17)12(16)9-4-2-1-3-5-9/h1-5,10-11H,6-8,14H2,(H,15,17)/t10-,11-/m0/s1. The molecule has 17 heavy (non-hydrogen) atoms. The third-order valence-corrected chi connectivity index (χ3v) is 3.05. The van der Waals surface area contributed by atoms with Crippen molar-refractivity contribution in [2.24, 2.45) is 5.73 Å². The molecule has 1 aromatic carbocycles. The number of hydrogen-bond acceptors (Lipinski definition) is 3. The van der Waals surface area contributed by atoms with Crippen molar-refractivity contribution >= 4 is 11.7 Å². The van der Waals surface area contributed by atoms with E-state index >= 15 is 0 Å². The molecule has 2 atom stereocenters. The summed E-state index contributed by atoms with van der Waals surface area (Å²) < 4.78 is 0. The highest BCUT2D eigenvalue weighted by Crippen LogP contribution is 2.17. The Kier molecular flexibility index (Phi) is 3.54. The number of benzene rings is 1. The van der Waals surface area contributed by atoms with Crippen LogP contribution in [0.15, 0.2) is 30.3 Å². The number of nitrogens with one attached hydrogen (secondary N) is 1. The van der Waals surface area contributed by atoms with Crippen molar-refractivity contribution in [1.29, 1.82) is 0 Å². The number of amides is 1. The molecule has 3 N–H and O–H groups in total. The lowest BCUT2D eigenvalue weighted by atomic mass is 10.1. The highest BCUT2D eigenvalue weighted by molar-refractivity contribution is 6.42. The molecule has 0 aromatic heterocycles. The van der Waals surface area contributed by atoms with Gasteiger partial charge in [-0.05, 0) is 19.3 Å². The van der Waals surface area contributed by atoms with Crippen LogP contribution in [0.2, 0.25) is 0 Å². The van der Waals surface area contributed by atoms with Gasteiger partial charge in [-0.1, -0.05) is 30.3 Å². The first-order chi connectivity index (χ1) is 8.16. The topological polar surface area (TPSA) is 72.2 Å². The van der Waals surface area contributed by atoms with E-state index in [0.717, 1.165) is 19.3 Å². The molecular weight excluding hydrogens is 216 g/mol. The molecule has 0 aliphatic heterocycles. The van der Waals surface area contributed by atoms with E-state index in [4.69, 9.17) is 5.73 Å². The average molecular weight is 232 g/mol. The average Bonchev–Trinajstić information content (AvgIpc) is 2.75. The zero-order valence-corrected chi connectivity index (χ0v) is 9.56. The molecule has 1 aromatic rings. The molecule has 90 valence electrons. The SMILES string of the molecule is N[C@H]1CC[C@H](NC(=O)C(=O)c2ccccc2)C1. The van der Waals surface area contributed by atoms with Crippen LogP contribution in [0.4, 0.5) is 0 Å². The predicted molar refractivity (Wildman–Crippen MR) is 64.5 cm³/mol. The summed E-state index contributed by atoms with van der Waals surface area (Å²) >= 11 is 0. The van der Waals surface area contributed by atoms with E-state index in [1.165, 1.54) is 0 Å². The lowest BCUT2D eigenvalue weighted by molar-refractivity contribution is -0.117. The number of ketones is 1. The number of rotatable bonds is 3. The van der Waals surface area contributed by atoms with Gasteiger partial charge in [-0.25, -0.2) is 0 Å². The quantitative estimate of drug-likeness (QED) is 0.600. The Morgan fingerprint density at radius 1 is 1.18 bits per heavy atom. The fraction of sp³-hybridized carbons (Fsp3) is 0.385. The van der Waals surface area contributed by atoms with E-state index in [9.17, 15) is 9.59 Å². The lowest BCUT2D eigenvalue weighted by Crippen LogP contribution is -2.38. The predicted octanol–water partition coefficient (Wildman–Crippen LogP) is 0.865. The van der Waals surface area contributed by atoms with Crippen LogP contribution in [0.25, 0.3) is 0 Å². The van der Waals surface area contributed by atoms with Gasteiger partial charge in [0.2, 0.25) is 5.78 Å². The molecule has 0 heterocycles. The van der Waals surface area contributed by atoms with Crippen LogP contribution >= 0.6 is 0 Å².